The Labute approximate surface area is 196 Å². The van der Waals surface area contributed by atoms with Crippen molar-refractivity contribution < 1.29 is 9.47 Å². The fourth-order valence-corrected chi connectivity index (χ4v) is 4.08. The number of piperazine rings is 1. The van der Waals surface area contributed by atoms with Gasteiger partial charge in [-0.25, -0.2) is 15.0 Å². The highest BCUT2D eigenvalue weighted by Crippen LogP contribution is 2.33. The molecule has 0 radical (unpaired) electrons. The molecule has 33 heavy (non-hydrogen) atoms. The van der Waals surface area contributed by atoms with E-state index in [0.29, 0.717) is 22.4 Å². The molecule has 1 aliphatic rings. The van der Waals surface area contributed by atoms with Gasteiger partial charge in [-0.1, -0.05) is 11.6 Å². The number of methoxy groups -OCH3 is 2. The number of aromatic nitrogens is 4. The average molecular weight is 466 g/mol. The second kappa shape index (κ2) is 9.13. The van der Waals surface area contributed by atoms with Crippen LogP contribution in [0.5, 0.6) is 11.5 Å². The summed E-state index contributed by atoms with van der Waals surface area (Å²) in [5.74, 6) is 1.85. The van der Waals surface area contributed by atoms with E-state index in [4.69, 9.17) is 21.1 Å². The standard InChI is InChI=1S/C23H24ClN7O2/c1-32-16-5-8-31-19(14-26-21(31)12-16)22-17(24)13-27-23(29-22)28-18-4-3-15(11-20(18)33-2)30-9-6-25-7-10-30/h3-5,8,11-14,25H,6-7,9-10H2,1-2H3,(H,27,28,29). The molecule has 1 aliphatic heterocycles. The minimum Gasteiger partial charge on any atom is -0.497 e. The molecule has 0 saturated carbocycles. The first kappa shape index (κ1) is 21.3. The van der Waals surface area contributed by atoms with Crippen LogP contribution in [0.15, 0.2) is 48.9 Å². The van der Waals surface area contributed by atoms with E-state index in [1.54, 1.807) is 26.6 Å². The molecule has 9 nitrogen and oxygen atoms in total. The molecule has 0 amide bonds. The number of pyridine rings is 1. The van der Waals surface area contributed by atoms with Crippen LogP contribution in [-0.4, -0.2) is 59.8 Å². The predicted molar refractivity (Wildman–Crippen MR) is 129 cm³/mol. The number of imidazole rings is 1. The van der Waals surface area contributed by atoms with Crippen LogP contribution in [0.2, 0.25) is 5.02 Å². The van der Waals surface area contributed by atoms with E-state index in [2.05, 4.69) is 36.6 Å². The molecule has 0 bridgehead atoms. The molecule has 1 saturated heterocycles. The van der Waals surface area contributed by atoms with Crippen molar-refractivity contribution in [2.24, 2.45) is 0 Å². The van der Waals surface area contributed by atoms with Crippen LogP contribution in [-0.2, 0) is 0 Å². The van der Waals surface area contributed by atoms with Gasteiger partial charge in [-0.05, 0) is 18.2 Å². The zero-order valence-corrected chi connectivity index (χ0v) is 19.1. The molecule has 2 N–H and O–H groups in total. The van der Waals surface area contributed by atoms with E-state index < -0.39 is 0 Å². The second-order valence-corrected chi connectivity index (χ2v) is 7.98. The van der Waals surface area contributed by atoms with Crippen molar-refractivity contribution in [3.63, 3.8) is 0 Å². The molecule has 170 valence electrons. The first-order valence-corrected chi connectivity index (χ1v) is 11.0. The Hall–Kier alpha value is -3.56. The van der Waals surface area contributed by atoms with Gasteiger partial charge in [0.05, 0.1) is 43.0 Å². The van der Waals surface area contributed by atoms with Crippen molar-refractivity contribution in [2.75, 3.05) is 50.6 Å². The summed E-state index contributed by atoms with van der Waals surface area (Å²) in [5, 5.41) is 7.06. The zero-order chi connectivity index (χ0) is 22.8. The number of benzene rings is 1. The predicted octanol–water partition coefficient (Wildman–Crippen LogP) is 3.62. The molecule has 0 aliphatic carbocycles. The van der Waals surface area contributed by atoms with E-state index in [-0.39, 0.29) is 0 Å². The summed E-state index contributed by atoms with van der Waals surface area (Å²) in [6.07, 6.45) is 5.19. The lowest BCUT2D eigenvalue weighted by atomic mass is 10.2. The van der Waals surface area contributed by atoms with Gasteiger partial charge in [0, 0.05) is 50.2 Å². The number of nitrogens with one attached hydrogen (secondary N) is 2. The first-order chi connectivity index (χ1) is 16.2. The van der Waals surface area contributed by atoms with Crippen LogP contribution in [0.3, 0.4) is 0 Å². The molecular weight excluding hydrogens is 442 g/mol. The quantitative estimate of drug-likeness (QED) is 0.446. The Morgan fingerprint density at radius 3 is 2.67 bits per heavy atom. The summed E-state index contributed by atoms with van der Waals surface area (Å²) in [6, 6.07) is 9.79. The average Bonchev–Trinajstić information content (AvgIpc) is 3.29. The van der Waals surface area contributed by atoms with Crippen LogP contribution in [0, 0.1) is 0 Å². The summed E-state index contributed by atoms with van der Waals surface area (Å²) < 4.78 is 12.8. The van der Waals surface area contributed by atoms with E-state index in [0.717, 1.165) is 54.6 Å². The Bertz CT molecular complexity index is 1290. The molecular formula is C23H24ClN7O2. The minimum absolute atomic E-state index is 0.408. The molecule has 0 spiro atoms. The Morgan fingerprint density at radius 2 is 1.88 bits per heavy atom. The van der Waals surface area contributed by atoms with Crippen molar-refractivity contribution in [1.82, 2.24) is 24.7 Å². The van der Waals surface area contributed by atoms with Gasteiger partial charge in [-0.15, -0.1) is 0 Å². The Morgan fingerprint density at radius 1 is 1.03 bits per heavy atom. The lowest BCUT2D eigenvalue weighted by Crippen LogP contribution is -2.43. The summed E-state index contributed by atoms with van der Waals surface area (Å²) in [4.78, 5) is 15.8. The van der Waals surface area contributed by atoms with Crippen molar-refractivity contribution >= 4 is 34.6 Å². The van der Waals surface area contributed by atoms with Gasteiger partial charge in [0.1, 0.15) is 22.8 Å². The van der Waals surface area contributed by atoms with Gasteiger partial charge in [-0.2, -0.15) is 0 Å². The van der Waals surface area contributed by atoms with Gasteiger partial charge in [0.2, 0.25) is 5.95 Å². The molecule has 0 unspecified atom stereocenters. The summed E-state index contributed by atoms with van der Waals surface area (Å²) in [5.41, 5.74) is 3.95. The number of hydrogen-bond acceptors (Lipinski definition) is 8. The smallest absolute Gasteiger partial charge is 0.227 e. The van der Waals surface area contributed by atoms with E-state index in [1.165, 1.54) is 0 Å². The summed E-state index contributed by atoms with van der Waals surface area (Å²) in [7, 11) is 3.28. The Balaban J connectivity index is 1.45. The number of fused-ring (bicyclic) bond motifs is 1. The fourth-order valence-electron chi connectivity index (χ4n) is 3.89. The van der Waals surface area contributed by atoms with Crippen LogP contribution < -0.4 is 25.0 Å². The third-order valence-corrected chi connectivity index (χ3v) is 5.90. The number of rotatable bonds is 6. The van der Waals surface area contributed by atoms with E-state index >= 15 is 0 Å². The van der Waals surface area contributed by atoms with Crippen molar-refractivity contribution in [3.8, 4) is 22.9 Å². The second-order valence-electron chi connectivity index (χ2n) is 7.57. The molecule has 0 atom stereocenters. The topological polar surface area (TPSA) is 88.8 Å². The molecule has 4 aromatic rings. The van der Waals surface area contributed by atoms with Crippen LogP contribution in [0.25, 0.3) is 17.0 Å². The number of hydrogen-bond donors (Lipinski definition) is 2. The third kappa shape index (κ3) is 4.24. The van der Waals surface area contributed by atoms with Gasteiger partial charge >= 0.3 is 0 Å². The summed E-state index contributed by atoms with van der Waals surface area (Å²) >= 11 is 6.46. The summed E-state index contributed by atoms with van der Waals surface area (Å²) in [6.45, 7) is 3.87. The number of nitrogens with zero attached hydrogens (tertiary/aromatic N) is 5. The first-order valence-electron chi connectivity index (χ1n) is 10.6. The number of halogens is 1. The maximum Gasteiger partial charge on any atom is 0.227 e. The number of ether oxygens (including phenoxy) is 2. The largest absolute Gasteiger partial charge is 0.497 e. The molecule has 1 aromatic carbocycles. The van der Waals surface area contributed by atoms with Gasteiger partial charge in [0.25, 0.3) is 0 Å². The highest BCUT2D eigenvalue weighted by Gasteiger charge is 2.16. The number of anilines is 3. The SMILES string of the molecule is COc1ccn2c(-c3nc(Nc4ccc(N5CCNCC5)cc4OC)ncc3Cl)cnc2c1. The maximum atomic E-state index is 6.46. The zero-order valence-electron chi connectivity index (χ0n) is 18.4. The fraction of sp³-hybridized carbons (Fsp3) is 0.261. The molecule has 1 fully saturated rings. The highest BCUT2D eigenvalue weighted by molar-refractivity contribution is 6.32. The van der Waals surface area contributed by atoms with Crippen LogP contribution in [0.4, 0.5) is 17.3 Å². The normalized spacial score (nSPS) is 13.8. The monoisotopic (exact) mass is 465 g/mol. The minimum atomic E-state index is 0.408. The third-order valence-electron chi connectivity index (χ3n) is 5.62. The molecule has 5 rings (SSSR count). The van der Waals surface area contributed by atoms with Crippen molar-refractivity contribution in [2.45, 2.75) is 0 Å². The molecule has 4 heterocycles. The highest BCUT2D eigenvalue weighted by atomic mass is 35.5. The van der Waals surface area contributed by atoms with Crippen molar-refractivity contribution in [1.29, 1.82) is 0 Å². The molecule has 3 aromatic heterocycles. The maximum absolute atomic E-state index is 6.46. The molecule has 10 heteroatoms. The van der Waals surface area contributed by atoms with Gasteiger partial charge in [-0.3, -0.25) is 4.40 Å². The van der Waals surface area contributed by atoms with Crippen LogP contribution >= 0.6 is 11.6 Å². The van der Waals surface area contributed by atoms with Crippen molar-refractivity contribution in [3.05, 3.63) is 53.9 Å². The van der Waals surface area contributed by atoms with E-state index in [9.17, 15) is 0 Å². The lowest BCUT2D eigenvalue weighted by Gasteiger charge is -2.30. The van der Waals surface area contributed by atoms with Gasteiger partial charge in [0.15, 0.2) is 0 Å². The van der Waals surface area contributed by atoms with Crippen LogP contribution in [0.1, 0.15) is 0 Å². The Kier molecular flexibility index (Phi) is 5.89. The van der Waals surface area contributed by atoms with E-state index in [1.807, 2.05) is 34.9 Å². The lowest BCUT2D eigenvalue weighted by molar-refractivity contribution is 0.414. The van der Waals surface area contributed by atoms with Gasteiger partial charge < -0.3 is 25.0 Å².